The smallest absolute Gasteiger partial charge is 0.244 e. The van der Waals surface area contributed by atoms with E-state index in [1.165, 1.54) is 12.3 Å². The van der Waals surface area contributed by atoms with E-state index in [4.69, 9.17) is 9.15 Å². The first kappa shape index (κ1) is 16.8. The summed E-state index contributed by atoms with van der Waals surface area (Å²) in [5.74, 6) is 0.995. The topological polar surface area (TPSA) is 71.7 Å². The van der Waals surface area contributed by atoms with Crippen molar-refractivity contribution in [1.82, 2.24) is 5.32 Å². The van der Waals surface area contributed by atoms with Gasteiger partial charge in [-0.1, -0.05) is 12.1 Å². The third-order valence-corrected chi connectivity index (χ3v) is 3.03. The molecule has 5 nitrogen and oxygen atoms in total. The lowest BCUT2D eigenvalue weighted by molar-refractivity contribution is -0.116. The number of benzene rings is 1. The summed E-state index contributed by atoms with van der Waals surface area (Å²) in [5, 5.41) is 12.8. The highest BCUT2D eigenvalue weighted by atomic mass is 16.5. The Hall–Kier alpha value is -2.53. The van der Waals surface area contributed by atoms with Crippen molar-refractivity contribution in [1.29, 1.82) is 0 Å². The Bertz CT molecular complexity index is 647. The molecule has 1 heterocycles. The number of rotatable bonds is 7. The van der Waals surface area contributed by atoms with Crippen LogP contribution in [-0.2, 0) is 4.79 Å². The Kier molecular flexibility index (Phi) is 6.00. The van der Waals surface area contributed by atoms with Gasteiger partial charge in [0, 0.05) is 12.6 Å². The van der Waals surface area contributed by atoms with Crippen LogP contribution in [0.4, 0.5) is 0 Å². The molecule has 0 aliphatic rings. The van der Waals surface area contributed by atoms with Crippen molar-refractivity contribution in [3.8, 4) is 5.75 Å². The predicted molar refractivity (Wildman–Crippen MR) is 87.9 cm³/mol. The number of hydrogen-bond acceptors (Lipinski definition) is 4. The second kappa shape index (κ2) is 8.19. The fraction of sp³-hybridized carbons (Fsp3) is 0.278. The quantitative estimate of drug-likeness (QED) is 0.771. The molecule has 1 atom stereocenters. The molecule has 0 bridgehead atoms. The number of hydrogen-bond donors (Lipinski definition) is 2. The van der Waals surface area contributed by atoms with Gasteiger partial charge in [0.1, 0.15) is 11.5 Å². The minimum absolute atomic E-state index is 0.0637. The van der Waals surface area contributed by atoms with Crippen molar-refractivity contribution < 1.29 is 19.1 Å². The summed E-state index contributed by atoms with van der Waals surface area (Å²) in [6.07, 6.45) is 3.73. The number of ether oxygens (including phenoxy) is 1. The molecule has 1 unspecified atom stereocenters. The first-order chi connectivity index (χ1) is 11.0. The van der Waals surface area contributed by atoms with Gasteiger partial charge in [0.2, 0.25) is 5.91 Å². The number of aliphatic hydroxyl groups excluding tert-OH is 1. The molecule has 0 saturated carbocycles. The molecular formula is C18H21NO4. The molecule has 2 N–H and O–H groups in total. The van der Waals surface area contributed by atoms with E-state index in [2.05, 4.69) is 5.32 Å². The van der Waals surface area contributed by atoms with Crippen LogP contribution in [0, 0.1) is 0 Å². The second-order valence-electron chi connectivity index (χ2n) is 5.35. The van der Waals surface area contributed by atoms with Crippen LogP contribution in [-0.4, -0.2) is 23.7 Å². The van der Waals surface area contributed by atoms with Gasteiger partial charge in [-0.3, -0.25) is 4.79 Å². The molecule has 122 valence electrons. The van der Waals surface area contributed by atoms with E-state index in [1.54, 1.807) is 30.3 Å². The molecule has 1 amide bonds. The van der Waals surface area contributed by atoms with Crippen molar-refractivity contribution >= 4 is 12.0 Å². The van der Waals surface area contributed by atoms with Gasteiger partial charge in [-0.25, -0.2) is 0 Å². The van der Waals surface area contributed by atoms with Gasteiger partial charge in [-0.2, -0.15) is 0 Å². The maximum Gasteiger partial charge on any atom is 0.244 e. The Balaban J connectivity index is 1.86. The van der Waals surface area contributed by atoms with Crippen LogP contribution in [0.2, 0.25) is 0 Å². The molecule has 0 radical (unpaired) electrons. The molecule has 0 aliphatic heterocycles. The van der Waals surface area contributed by atoms with Gasteiger partial charge in [0.15, 0.2) is 0 Å². The summed E-state index contributed by atoms with van der Waals surface area (Å²) in [6.45, 7) is 4.00. The number of furan rings is 1. The van der Waals surface area contributed by atoms with E-state index in [-0.39, 0.29) is 18.6 Å². The molecule has 2 aromatic rings. The molecule has 1 aromatic carbocycles. The van der Waals surface area contributed by atoms with Crippen LogP contribution in [0.15, 0.2) is 53.2 Å². The zero-order valence-corrected chi connectivity index (χ0v) is 13.2. The first-order valence-electron chi connectivity index (χ1n) is 7.48. The summed E-state index contributed by atoms with van der Waals surface area (Å²) in [6, 6.07) is 10.7. The van der Waals surface area contributed by atoms with E-state index in [0.29, 0.717) is 17.1 Å². The normalized spacial score (nSPS) is 12.5. The van der Waals surface area contributed by atoms with E-state index in [1.807, 2.05) is 26.0 Å². The Morgan fingerprint density at radius 2 is 2.17 bits per heavy atom. The molecule has 0 saturated heterocycles. The van der Waals surface area contributed by atoms with Crippen LogP contribution in [0.3, 0.4) is 0 Å². The number of nitrogens with one attached hydrogen (secondary N) is 1. The summed E-state index contributed by atoms with van der Waals surface area (Å²) >= 11 is 0. The number of amides is 1. The largest absolute Gasteiger partial charge is 0.491 e. The average Bonchev–Trinajstić information content (AvgIpc) is 3.03. The molecule has 23 heavy (non-hydrogen) atoms. The lowest BCUT2D eigenvalue weighted by atomic mass is 10.1. The Labute approximate surface area is 135 Å². The minimum atomic E-state index is -0.799. The third kappa shape index (κ3) is 5.64. The van der Waals surface area contributed by atoms with E-state index in [0.717, 1.165) is 0 Å². The van der Waals surface area contributed by atoms with Crippen molar-refractivity contribution in [3.63, 3.8) is 0 Å². The maximum absolute atomic E-state index is 11.7. The number of aliphatic hydroxyl groups is 1. The summed E-state index contributed by atoms with van der Waals surface area (Å²) in [5.41, 5.74) is 0.693. The van der Waals surface area contributed by atoms with Gasteiger partial charge in [0.25, 0.3) is 0 Å². The number of carbonyl (C=O) groups excluding carboxylic acids is 1. The van der Waals surface area contributed by atoms with Crippen molar-refractivity contribution in [3.05, 3.63) is 60.1 Å². The SMILES string of the molecule is CC(C)Oc1cccc(C(O)CNC(=O)/C=C/c2ccco2)c1. The highest BCUT2D eigenvalue weighted by molar-refractivity contribution is 5.91. The number of carbonyl (C=O) groups is 1. The van der Waals surface area contributed by atoms with Crippen LogP contribution >= 0.6 is 0 Å². The average molecular weight is 315 g/mol. The minimum Gasteiger partial charge on any atom is -0.491 e. The molecule has 2 rings (SSSR count). The Morgan fingerprint density at radius 3 is 2.87 bits per heavy atom. The standard InChI is InChI=1S/C18H21NO4/c1-13(2)23-16-6-3-5-14(11-16)17(20)12-19-18(21)9-8-15-7-4-10-22-15/h3-11,13,17,20H,12H2,1-2H3,(H,19,21)/b9-8+. The van der Waals surface area contributed by atoms with Crippen LogP contribution in [0.25, 0.3) is 6.08 Å². The molecule has 5 heteroatoms. The second-order valence-corrected chi connectivity index (χ2v) is 5.35. The van der Waals surface area contributed by atoms with Crippen molar-refractivity contribution in [2.24, 2.45) is 0 Å². The van der Waals surface area contributed by atoms with Crippen LogP contribution in [0.1, 0.15) is 31.3 Å². The van der Waals surface area contributed by atoms with Gasteiger partial charge in [-0.05, 0) is 49.8 Å². The zero-order chi connectivity index (χ0) is 16.7. The lowest BCUT2D eigenvalue weighted by Crippen LogP contribution is -2.26. The van der Waals surface area contributed by atoms with E-state index in [9.17, 15) is 9.90 Å². The molecule has 0 fully saturated rings. The summed E-state index contributed by atoms with van der Waals surface area (Å²) < 4.78 is 10.7. The third-order valence-electron chi connectivity index (χ3n) is 3.03. The maximum atomic E-state index is 11.7. The lowest BCUT2D eigenvalue weighted by Gasteiger charge is -2.14. The van der Waals surface area contributed by atoms with Crippen LogP contribution in [0.5, 0.6) is 5.75 Å². The van der Waals surface area contributed by atoms with E-state index < -0.39 is 6.10 Å². The van der Waals surface area contributed by atoms with Crippen molar-refractivity contribution in [2.75, 3.05) is 6.54 Å². The van der Waals surface area contributed by atoms with Gasteiger partial charge < -0.3 is 19.6 Å². The zero-order valence-electron chi connectivity index (χ0n) is 13.2. The fourth-order valence-corrected chi connectivity index (χ4v) is 1.99. The molecular weight excluding hydrogens is 294 g/mol. The van der Waals surface area contributed by atoms with Gasteiger partial charge >= 0.3 is 0 Å². The molecule has 1 aromatic heterocycles. The fourth-order valence-electron chi connectivity index (χ4n) is 1.99. The first-order valence-corrected chi connectivity index (χ1v) is 7.48. The summed E-state index contributed by atoms with van der Waals surface area (Å²) in [7, 11) is 0. The van der Waals surface area contributed by atoms with Gasteiger partial charge in [-0.15, -0.1) is 0 Å². The highest BCUT2D eigenvalue weighted by Crippen LogP contribution is 2.19. The van der Waals surface area contributed by atoms with Crippen LogP contribution < -0.4 is 10.1 Å². The van der Waals surface area contributed by atoms with Crippen molar-refractivity contribution in [2.45, 2.75) is 26.1 Å². The predicted octanol–water partition coefficient (Wildman–Crippen LogP) is 2.93. The monoisotopic (exact) mass is 315 g/mol. The van der Waals surface area contributed by atoms with Gasteiger partial charge in [0.05, 0.1) is 18.5 Å². The summed E-state index contributed by atoms with van der Waals surface area (Å²) in [4.78, 5) is 11.7. The molecule has 0 spiro atoms. The van der Waals surface area contributed by atoms with E-state index >= 15 is 0 Å². The highest BCUT2D eigenvalue weighted by Gasteiger charge is 2.10. The Morgan fingerprint density at radius 1 is 1.35 bits per heavy atom. The molecule has 0 aliphatic carbocycles.